The van der Waals surface area contributed by atoms with E-state index in [9.17, 15) is 18.3 Å². The highest BCUT2D eigenvalue weighted by atomic mass is 32.2. The Labute approximate surface area is 114 Å². The van der Waals surface area contributed by atoms with Crippen molar-refractivity contribution in [3.63, 3.8) is 0 Å². The van der Waals surface area contributed by atoms with Gasteiger partial charge < -0.3 is 9.84 Å². The second kappa shape index (κ2) is 6.17. The minimum Gasteiger partial charge on any atom is -0.481 e. The van der Waals surface area contributed by atoms with E-state index in [0.717, 1.165) is 12.8 Å². The lowest BCUT2D eigenvalue weighted by Crippen LogP contribution is -2.53. The molecule has 2 atom stereocenters. The molecule has 1 aliphatic rings. The van der Waals surface area contributed by atoms with Crippen LogP contribution in [0, 0.1) is 5.41 Å². The molecule has 0 aliphatic carbocycles. The second-order valence-electron chi connectivity index (χ2n) is 5.09. The fourth-order valence-corrected chi connectivity index (χ4v) is 3.06. The second-order valence-corrected chi connectivity index (χ2v) is 6.90. The molecule has 1 aliphatic heterocycles. The predicted molar refractivity (Wildman–Crippen MR) is 69.9 cm³/mol. The highest BCUT2D eigenvalue weighted by Crippen LogP contribution is 2.29. The molecule has 7 nitrogen and oxygen atoms in total. The lowest BCUT2D eigenvalue weighted by molar-refractivity contribution is -0.148. The van der Waals surface area contributed by atoms with Crippen LogP contribution in [0.25, 0.3) is 0 Å². The van der Waals surface area contributed by atoms with Crippen LogP contribution in [0.5, 0.6) is 0 Å². The maximum Gasteiger partial charge on any atom is 0.313 e. The van der Waals surface area contributed by atoms with Crippen LogP contribution in [0.2, 0.25) is 0 Å². The van der Waals surface area contributed by atoms with Gasteiger partial charge in [-0.3, -0.25) is 4.79 Å². The van der Waals surface area contributed by atoms with Crippen molar-refractivity contribution in [2.45, 2.75) is 32.7 Å². The first-order valence-electron chi connectivity index (χ1n) is 6.28. The molecular weight excluding hydrogens is 272 g/mol. The van der Waals surface area contributed by atoms with Gasteiger partial charge >= 0.3 is 5.97 Å². The molecule has 1 heterocycles. The fraction of sp³-hybridized carbons (Fsp3) is 0.909. The molecule has 0 amide bonds. The summed E-state index contributed by atoms with van der Waals surface area (Å²) in [7, 11) is -2.20. The zero-order valence-corrected chi connectivity index (χ0v) is 12.4. The Morgan fingerprint density at radius 1 is 1.58 bits per heavy atom. The minimum absolute atomic E-state index is 0.00813. The standard InChI is InChI=1S/C11H22N2O5S/c1-4-5-6-13(3)19(16,17)12-9-7-18-8-11(9,2)10(14)15/h9,12H,4-8H2,1-3H3,(H,14,15). The molecule has 2 unspecified atom stereocenters. The summed E-state index contributed by atoms with van der Waals surface area (Å²) in [6.07, 6.45) is 1.65. The molecule has 1 rings (SSSR count). The van der Waals surface area contributed by atoms with Crippen LogP contribution >= 0.6 is 0 Å². The fourth-order valence-electron chi connectivity index (χ4n) is 1.82. The average Bonchev–Trinajstić information content (AvgIpc) is 2.68. The average molecular weight is 294 g/mol. The Morgan fingerprint density at radius 2 is 2.21 bits per heavy atom. The molecular formula is C11H22N2O5S. The zero-order valence-electron chi connectivity index (χ0n) is 11.5. The van der Waals surface area contributed by atoms with Crippen molar-refractivity contribution in [2.75, 3.05) is 26.8 Å². The van der Waals surface area contributed by atoms with Gasteiger partial charge in [-0.2, -0.15) is 17.4 Å². The Balaban J connectivity index is 2.75. The van der Waals surface area contributed by atoms with Crippen molar-refractivity contribution in [3.8, 4) is 0 Å². The zero-order chi connectivity index (χ0) is 14.7. The van der Waals surface area contributed by atoms with Gasteiger partial charge in [0.2, 0.25) is 0 Å². The summed E-state index contributed by atoms with van der Waals surface area (Å²) >= 11 is 0. The third-order valence-corrected chi connectivity index (χ3v) is 5.06. The molecule has 0 aromatic rings. The van der Waals surface area contributed by atoms with Crippen LogP contribution in [0.4, 0.5) is 0 Å². The largest absolute Gasteiger partial charge is 0.481 e. The Kier molecular flexibility index (Phi) is 5.31. The maximum absolute atomic E-state index is 12.1. The first-order chi connectivity index (χ1) is 8.74. The molecule has 0 radical (unpaired) electrons. The van der Waals surface area contributed by atoms with E-state index < -0.39 is 27.6 Å². The number of nitrogens with one attached hydrogen (secondary N) is 1. The molecule has 0 saturated carbocycles. The van der Waals surface area contributed by atoms with E-state index in [1.54, 1.807) is 0 Å². The van der Waals surface area contributed by atoms with Gasteiger partial charge in [0.1, 0.15) is 5.41 Å². The third-order valence-electron chi connectivity index (χ3n) is 3.47. The minimum atomic E-state index is -3.68. The third kappa shape index (κ3) is 3.65. The molecule has 0 aromatic heterocycles. The number of hydrogen-bond acceptors (Lipinski definition) is 4. The summed E-state index contributed by atoms with van der Waals surface area (Å²) in [5, 5.41) is 9.19. The SMILES string of the molecule is CCCCN(C)S(=O)(=O)NC1COCC1(C)C(=O)O. The van der Waals surface area contributed by atoms with Gasteiger partial charge in [-0.25, -0.2) is 0 Å². The summed E-state index contributed by atoms with van der Waals surface area (Å²) in [5.74, 6) is -1.06. The van der Waals surface area contributed by atoms with Crippen LogP contribution in [0.1, 0.15) is 26.7 Å². The molecule has 8 heteroatoms. The molecule has 1 saturated heterocycles. The molecule has 2 N–H and O–H groups in total. The number of ether oxygens (including phenoxy) is 1. The monoisotopic (exact) mass is 294 g/mol. The molecule has 112 valence electrons. The summed E-state index contributed by atoms with van der Waals surface area (Å²) < 4.78 is 32.9. The quantitative estimate of drug-likeness (QED) is 0.691. The van der Waals surface area contributed by atoms with E-state index in [1.165, 1.54) is 18.3 Å². The van der Waals surface area contributed by atoms with Gasteiger partial charge in [-0.1, -0.05) is 13.3 Å². The summed E-state index contributed by atoms with van der Waals surface area (Å²) in [4.78, 5) is 11.2. The number of carboxylic acids is 1. The maximum atomic E-state index is 12.1. The first kappa shape index (κ1) is 16.4. The van der Waals surface area contributed by atoms with E-state index in [0.29, 0.717) is 6.54 Å². The van der Waals surface area contributed by atoms with Crippen molar-refractivity contribution >= 4 is 16.2 Å². The van der Waals surface area contributed by atoms with Crippen LogP contribution < -0.4 is 4.72 Å². The van der Waals surface area contributed by atoms with Crippen LogP contribution in [0.3, 0.4) is 0 Å². The smallest absolute Gasteiger partial charge is 0.313 e. The normalized spacial score (nSPS) is 27.9. The van der Waals surface area contributed by atoms with Gasteiger partial charge in [-0.05, 0) is 13.3 Å². The Bertz CT molecular complexity index is 425. The van der Waals surface area contributed by atoms with Crippen LogP contribution in [-0.2, 0) is 19.7 Å². The number of nitrogens with zero attached hydrogens (tertiary/aromatic N) is 1. The summed E-state index contributed by atoms with van der Waals surface area (Å²) in [6.45, 7) is 3.95. The number of unbranched alkanes of at least 4 members (excludes halogenated alkanes) is 1. The molecule has 1 fully saturated rings. The first-order valence-corrected chi connectivity index (χ1v) is 7.72. The van der Waals surface area contributed by atoms with Crippen LogP contribution in [0.15, 0.2) is 0 Å². The van der Waals surface area contributed by atoms with Gasteiger partial charge in [0.05, 0.1) is 19.3 Å². The van der Waals surface area contributed by atoms with E-state index >= 15 is 0 Å². The topological polar surface area (TPSA) is 95.9 Å². The number of aliphatic carboxylic acids is 1. The molecule has 0 bridgehead atoms. The number of rotatable bonds is 7. The predicted octanol–water partition coefficient (Wildman–Crippen LogP) is 0.0424. The van der Waals surface area contributed by atoms with E-state index in [-0.39, 0.29) is 13.2 Å². The molecule has 0 aromatic carbocycles. The van der Waals surface area contributed by atoms with Crippen molar-refractivity contribution in [1.29, 1.82) is 0 Å². The van der Waals surface area contributed by atoms with Gasteiger partial charge in [-0.15, -0.1) is 0 Å². The van der Waals surface area contributed by atoms with E-state index in [1.807, 2.05) is 6.92 Å². The van der Waals surface area contributed by atoms with E-state index in [2.05, 4.69) is 4.72 Å². The van der Waals surface area contributed by atoms with Crippen molar-refractivity contribution < 1.29 is 23.1 Å². The lowest BCUT2D eigenvalue weighted by atomic mass is 9.86. The van der Waals surface area contributed by atoms with Crippen molar-refractivity contribution in [2.24, 2.45) is 5.41 Å². The lowest BCUT2D eigenvalue weighted by Gasteiger charge is -2.27. The Morgan fingerprint density at radius 3 is 2.74 bits per heavy atom. The number of carbonyl (C=O) groups is 1. The van der Waals surface area contributed by atoms with Crippen LogP contribution in [-0.4, -0.2) is 56.6 Å². The summed E-state index contributed by atoms with van der Waals surface area (Å²) in [6, 6.07) is -0.751. The van der Waals surface area contributed by atoms with Crippen molar-refractivity contribution in [1.82, 2.24) is 9.03 Å². The highest BCUT2D eigenvalue weighted by molar-refractivity contribution is 7.87. The van der Waals surface area contributed by atoms with E-state index in [4.69, 9.17) is 4.74 Å². The number of carboxylic acid groups (broad SMARTS) is 1. The molecule has 19 heavy (non-hydrogen) atoms. The number of hydrogen-bond donors (Lipinski definition) is 2. The van der Waals surface area contributed by atoms with Gasteiger partial charge in [0.25, 0.3) is 10.2 Å². The van der Waals surface area contributed by atoms with Gasteiger partial charge in [0, 0.05) is 13.6 Å². The summed E-state index contributed by atoms with van der Waals surface area (Å²) in [5.41, 5.74) is -1.22. The van der Waals surface area contributed by atoms with Crippen molar-refractivity contribution in [3.05, 3.63) is 0 Å². The molecule has 0 spiro atoms. The highest BCUT2D eigenvalue weighted by Gasteiger charge is 2.48. The Hall–Kier alpha value is -0.700. The van der Waals surface area contributed by atoms with Gasteiger partial charge in [0.15, 0.2) is 0 Å².